The molecule has 0 bridgehead atoms. The van der Waals surface area contributed by atoms with E-state index in [9.17, 15) is 9.18 Å². The molecule has 36 heavy (non-hydrogen) atoms. The van der Waals surface area contributed by atoms with Gasteiger partial charge in [-0.2, -0.15) is 0 Å². The second-order valence-electron chi connectivity index (χ2n) is 9.48. The SMILES string of the molecule is Nc1ncc(-c2ccc(C(=O)N3CCC[C@H]3CN3CCCC3)cc2)cc1OCc1c(F)cccc1Cl. The average Bonchev–Trinajstić information content (AvgIpc) is 3.57. The van der Waals surface area contributed by atoms with Crippen LogP contribution in [0.3, 0.4) is 0 Å². The van der Waals surface area contributed by atoms with Crippen LogP contribution in [0.1, 0.15) is 41.6 Å². The van der Waals surface area contributed by atoms with E-state index in [4.69, 9.17) is 22.1 Å². The molecule has 188 valence electrons. The Balaban J connectivity index is 1.28. The summed E-state index contributed by atoms with van der Waals surface area (Å²) < 4.78 is 19.9. The lowest BCUT2D eigenvalue weighted by atomic mass is 10.0. The van der Waals surface area contributed by atoms with Crippen LogP contribution < -0.4 is 10.5 Å². The Bertz CT molecular complexity index is 1210. The highest BCUT2D eigenvalue weighted by atomic mass is 35.5. The van der Waals surface area contributed by atoms with Crippen molar-refractivity contribution in [2.45, 2.75) is 38.3 Å². The molecule has 3 aromatic rings. The number of nitrogens with two attached hydrogens (primary N) is 1. The highest BCUT2D eigenvalue weighted by Gasteiger charge is 2.31. The molecule has 8 heteroatoms. The van der Waals surface area contributed by atoms with Gasteiger partial charge in [0.2, 0.25) is 0 Å². The molecular weight excluding hydrogens is 479 g/mol. The molecule has 0 radical (unpaired) electrons. The van der Waals surface area contributed by atoms with Gasteiger partial charge in [-0.05, 0) is 74.7 Å². The Kier molecular flexibility index (Phi) is 7.39. The van der Waals surface area contributed by atoms with Gasteiger partial charge in [-0.15, -0.1) is 0 Å². The lowest BCUT2D eigenvalue weighted by Gasteiger charge is -2.28. The minimum absolute atomic E-state index is 0.0668. The Morgan fingerprint density at radius 3 is 2.61 bits per heavy atom. The highest BCUT2D eigenvalue weighted by Crippen LogP contribution is 2.30. The zero-order valence-corrected chi connectivity index (χ0v) is 20.9. The van der Waals surface area contributed by atoms with E-state index in [0.29, 0.717) is 22.4 Å². The molecule has 0 unspecified atom stereocenters. The summed E-state index contributed by atoms with van der Waals surface area (Å²) in [6, 6.07) is 14.1. The molecule has 2 N–H and O–H groups in total. The molecule has 3 heterocycles. The summed E-state index contributed by atoms with van der Waals surface area (Å²) in [5.74, 6) is 0.195. The molecule has 0 saturated carbocycles. The zero-order valence-electron chi connectivity index (χ0n) is 20.1. The van der Waals surface area contributed by atoms with Crippen LogP contribution >= 0.6 is 11.6 Å². The first-order valence-electron chi connectivity index (χ1n) is 12.4. The van der Waals surface area contributed by atoms with E-state index in [1.165, 1.54) is 18.9 Å². The number of pyridine rings is 1. The summed E-state index contributed by atoms with van der Waals surface area (Å²) in [6.45, 7) is 4.00. The van der Waals surface area contributed by atoms with Crippen LogP contribution in [0.2, 0.25) is 5.02 Å². The van der Waals surface area contributed by atoms with Crippen LogP contribution in [0.4, 0.5) is 10.2 Å². The number of hydrogen-bond donors (Lipinski definition) is 1. The quantitative estimate of drug-likeness (QED) is 0.462. The van der Waals surface area contributed by atoms with Gasteiger partial charge >= 0.3 is 0 Å². The predicted octanol–water partition coefficient (Wildman–Crippen LogP) is 5.40. The largest absolute Gasteiger partial charge is 0.485 e. The lowest BCUT2D eigenvalue weighted by molar-refractivity contribution is 0.0709. The third-order valence-electron chi connectivity index (χ3n) is 7.09. The van der Waals surface area contributed by atoms with Crippen LogP contribution in [0.25, 0.3) is 11.1 Å². The number of carbonyl (C=O) groups is 1. The molecule has 1 aromatic heterocycles. The average molecular weight is 509 g/mol. The molecule has 1 atom stereocenters. The molecule has 2 aromatic carbocycles. The third-order valence-corrected chi connectivity index (χ3v) is 7.44. The number of nitrogen functional groups attached to an aromatic ring is 1. The summed E-state index contributed by atoms with van der Waals surface area (Å²) in [6.07, 6.45) is 6.29. The summed E-state index contributed by atoms with van der Waals surface area (Å²) in [4.78, 5) is 22.0. The van der Waals surface area contributed by atoms with E-state index in [0.717, 1.165) is 50.1 Å². The van der Waals surface area contributed by atoms with Gasteiger partial charge in [0.1, 0.15) is 12.4 Å². The third kappa shape index (κ3) is 5.32. The normalized spacial score (nSPS) is 18.1. The first-order valence-corrected chi connectivity index (χ1v) is 12.8. The van der Waals surface area contributed by atoms with E-state index in [1.54, 1.807) is 24.4 Å². The van der Waals surface area contributed by atoms with Crippen molar-refractivity contribution in [1.29, 1.82) is 0 Å². The first kappa shape index (κ1) is 24.5. The minimum atomic E-state index is -0.439. The number of amides is 1. The van der Waals surface area contributed by atoms with Crippen LogP contribution in [0.15, 0.2) is 54.7 Å². The smallest absolute Gasteiger partial charge is 0.254 e. The number of rotatable bonds is 7. The molecule has 1 amide bonds. The van der Waals surface area contributed by atoms with Crippen LogP contribution in [0.5, 0.6) is 5.75 Å². The summed E-state index contributed by atoms with van der Waals surface area (Å²) in [5, 5.41) is 0.290. The fourth-order valence-electron chi connectivity index (χ4n) is 5.08. The summed E-state index contributed by atoms with van der Waals surface area (Å²) in [5.41, 5.74) is 8.60. The number of halogens is 2. The van der Waals surface area contributed by atoms with Gasteiger partial charge in [-0.25, -0.2) is 9.37 Å². The molecule has 2 saturated heterocycles. The topological polar surface area (TPSA) is 71.7 Å². The van der Waals surface area contributed by atoms with Gasteiger partial charge < -0.3 is 20.3 Å². The van der Waals surface area contributed by atoms with E-state index in [2.05, 4.69) is 9.88 Å². The standard InChI is InChI=1S/C28H30ClFN4O2/c29-24-6-3-7-25(30)23(24)18-36-26-15-21(16-32-27(26)31)19-8-10-20(11-9-19)28(35)34-14-4-5-22(34)17-33-12-1-2-13-33/h3,6-11,15-16,22H,1-2,4-5,12-14,17-18H2,(H2,31,32)/t22-/m0/s1. The molecule has 6 nitrogen and oxygen atoms in total. The number of carbonyl (C=O) groups excluding carboxylic acids is 1. The van der Waals surface area contributed by atoms with Crippen molar-refractivity contribution in [3.05, 3.63) is 76.7 Å². The second kappa shape index (κ2) is 10.8. The monoisotopic (exact) mass is 508 g/mol. The van der Waals surface area contributed by atoms with Gasteiger partial charge in [-0.3, -0.25) is 4.79 Å². The highest BCUT2D eigenvalue weighted by molar-refractivity contribution is 6.31. The maximum atomic E-state index is 14.1. The fraction of sp³-hybridized carbons (Fsp3) is 0.357. The van der Waals surface area contributed by atoms with E-state index in [-0.39, 0.29) is 23.9 Å². The Morgan fingerprint density at radius 2 is 1.86 bits per heavy atom. The predicted molar refractivity (Wildman–Crippen MR) is 140 cm³/mol. The van der Waals surface area contributed by atoms with Crippen molar-refractivity contribution in [3.63, 3.8) is 0 Å². The minimum Gasteiger partial charge on any atom is -0.485 e. The van der Waals surface area contributed by atoms with Crippen molar-refractivity contribution >= 4 is 23.3 Å². The van der Waals surface area contributed by atoms with Gasteiger partial charge in [0.15, 0.2) is 11.6 Å². The first-order chi connectivity index (χ1) is 17.5. The lowest BCUT2D eigenvalue weighted by Crippen LogP contribution is -2.42. The van der Waals surface area contributed by atoms with Crippen molar-refractivity contribution in [2.75, 3.05) is 31.9 Å². The van der Waals surface area contributed by atoms with E-state index >= 15 is 0 Å². The molecule has 0 aliphatic carbocycles. The van der Waals surface area contributed by atoms with Gasteiger partial charge in [0.05, 0.1) is 5.02 Å². The van der Waals surface area contributed by atoms with Gasteiger partial charge in [-0.1, -0.05) is 29.8 Å². The Morgan fingerprint density at radius 1 is 1.08 bits per heavy atom. The van der Waals surface area contributed by atoms with Crippen molar-refractivity contribution in [1.82, 2.24) is 14.8 Å². The number of benzene rings is 2. The van der Waals surface area contributed by atoms with Gasteiger partial charge in [0.25, 0.3) is 5.91 Å². The molecular formula is C28H30ClFN4O2. The van der Waals surface area contributed by atoms with Crippen molar-refractivity contribution < 1.29 is 13.9 Å². The fourth-order valence-corrected chi connectivity index (χ4v) is 5.29. The number of likely N-dealkylation sites (tertiary alicyclic amines) is 2. The Labute approximate surface area is 215 Å². The second-order valence-corrected chi connectivity index (χ2v) is 9.88. The molecule has 5 rings (SSSR count). The number of hydrogen-bond acceptors (Lipinski definition) is 5. The number of nitrogens with zero attached hydrogens (tertiary/aromatic N) is 3. The summed E-state index contributed by atoms with van der Waals surface area (Å²) >= 11 is 6.10. The number of aromatic nitrogens is 1. The summed E-state index contributed by atoms with van der Waals surface area (Å²) in [7, 11) is 0. The maximum absolute atomic E-state index is 14.1. The molecule has 2 fully saturated rings. The van der Waals surface area contributed by atoms with Crippen LogP contribution in [-0.4, -0.2) is 52.9 Å². The number of ether oxygens (including phenoxy) is 1. The molecule has 0 spiro atoms. The van der Waals surface area contributed by atoms with Crippen molar-refractivity contribution in [2.24, 2.45) is 0 Å². The Hall–Kier alpha value is -3.16. The van der Waals surface area contributed by atoms with Crippen LogP contribution in [-0.2, 0) is 6.61 Å². The maximum Gasteiger partial charge on any atom is 0.254 e. The molecule has 2 aliphatic heterocycles. The van der Waals surface area contributed by atoms with E-state index < -0.39 is 5.82 Å². The number of anilines is 1. The van der Waals surface area contributed by atoms with Gasteiger partial charge in [0, 0.05) is 42.0 Å². The molecule has 2 aliphatic rings. The van der Waals surface area contributed by atoms with Crippen LogP contribution in [0, 0.1) is 5.82 Å². The zero-order chi connectivity index (χ0) is 25.1. The van der Waals surface area contributed by atoms with E-state index in [1.807, 2.05) is 29.2 Å². The van der Waals surface area contributed by atoms with Crippen molar-refractivity contribution in [3.8, 4) is 16.9 Å².